The predicted molar refractivity (Wildman–Crippen MR) is 42.2 cm³/mol. The van der Waals surface area contributed by atoms with Crippen LogP contribution in [0.25, 0.3) is 0 Å². The molecule has 0 aliphatic heterocycles. The van der Waals surface area contributed by atoms with Gasteiger partial charge in [-0.1, -0.05) is 0 Å². The maximum Gasteiger partial charge on any atom is 0.425 e. The topological polar surface area (TPSA) is 74.8 Å². The molecule has 0 aliphatic carbocycles. The van der Waals surface area contributed by atoms with E-state index in [-0.39, 0.29) is 0 Å². The van der Waals surface area contributed by atoms with Crippen LogP contribution in [0.1, 0.15) is 11.5 Å². The van der Waals surface area contributed by atoms with Gasteiger partial charge in [0.1, 0.15) is 11.5 Å². The number of carbonyl (C=O) groups is 1. The van der Waals surface area contributed by atoms with E-state index in [9.17, 15) is 4.79 Å². The van der Waals surface area contributed by atoms with E-state index in [0.29, 0.717) is 5.76 Å². The van der Waals surface area contributed by atoms with Gasteiger partial charge in [-0.2, -0.15) is 5.10 Å². The molecule has 2 N–H and O–H groups in total. The molecule has 0 unspecified atom stereocenters. The number of carboxylic acid groups (broad SMARTS) is 1. The first-order valence-electron chi connectivity index (χ1n) is 3.27. The minimum atomic E-state index is -1.20. The number of nitrogens with one attached hydrogen (secondary N) is 1. The van der Waals surface area contributed by atoms with Gasteiger partial charge in [-0.3, -0.25) is 0 Å². The summed E-state index contributed by atoms with van der Waals surface area (Å²) >= 11 is 0. The molecule has 0 saturated carbocycles. The number of aryl methyl sites for hydroxylation is 1. The Morgan fingerprint density at radius 1 is 1.75 bits per heavy atom. The summed E-state index contributed by atoms with van der Waals surface area (Å²) in [6, 6.07) is 3.46. The molecule has 0 aliphatic rings. The number of nitrogens with zero attached hydrogens (tertiary/aromatic N) is 1. The lowest BCUT2D eigenvalue weighted by atomic mass is 10.4. The maximum atomic E-state index is 9.94. The summed E-state index contributed by atoms with van der Waals surface area (Å²) in [7, 11) is 0. The smallest absolute Gasteiger partial charge is 0.425 e. The fraction of sp³-hybridized carbons (Fsp3) is 0.143. The third kappa shape index (κ3) is 2.45. The van der Waals surface area contributed by atoms with Crippen molar-refractivity contribution in [3.05, 3.63) is 23.7 Å². The monoisotopic (exact) mass is 168 g/mol. The summed E-state index contributed by atoms with van der Waals surface area (Å²) in [5, 5.41) is 11.5. The number of amides is 1. The lowest BCUT2D eigenvalue weighted by Crippen LogP contribution is -2.13. The van der Waals surface area contributed by atoms with Crippen LogP contribution in [0, 0.1) is 6.92 Å². The van der Waals surface area contributed by atoms with Crippen molar-refractivity contribution in [2.45, 2.75) is 6.92 Å². The highest BCUT2D eigenvalue weighted by molar-refractivity contribution is 5.77. The van der Waals surface area contributed by atoms with Gasteiger partial charge in [0, 0.05) is 0 Å². The van der Waals surface area contributed by atoms with Gasteiger partial charge in [-0.15, -0.1) is 0 Å². The van der Waals surface area contributed by atoms with Crippen LogP contribution >= 0.6 is 0 Å². The number of hydrazone groups is 1. The van der Waals surface area contributed by atoms with E-state index in [2.05, 4.69) is 5.10 Å². The van der Waals surface area contributed by atoms with Crippen LogP contribution in [0.5, 0.6) is 0 Å². The summed E-state index contributed by atoms with van der Waals surface area (Å²) in [6.45, 7) is 1.79. The van der Waals surface area contributed by atoms with Crippen LogP contribution in [0.4, 0.5) is 4.79 Å². The molecule has 0 fully saturated rings. The summed E-state index contributed by atoms with van der Waals surface area (Å²) in [6.07, 6.45) is 0.0933. The Labute approximate surface area is 68.7 Å². The molecular formula is C7H8N2O3. The SMILES string of the molecule is Cc1ccc(/C=N/NC(=O)O)o1. The summed E-state index contributed by atoms with van der Waals surface area (Å²) in [5.74, 6) is 1.27. The van der Waals surface area contributed by atoms with Crippen LogP contribution in [0.3, 0.4) is 0 Å². The molecule has 0 bridgehead atoms. The van der Waals surface area contributed by atoms with Gasteiger partial charge < -0.3 is 9.52 Å². The maximum absolute atomic E-state index is 9.94. The number of hydrogen-bond donors (Lipinski definition) is 2. The Morgan fingerprint density at radius 3 is 3.00 bits per heavy atom. The largest absolute Gasteiger partial charge is 0.464 e. The lowest BCUT2D eigenvalue weighted by molar-refractivity contribution is 0.195. The van der Waals surface area contributed by atoms with Crippen molar-refractivity contribution < 1.29 is 14.3 Å². The second-order valence-corrected chi connectivity index (χ2v) is 2.12. The van der Waals surface area contributed by atoms with Crippen LogP contribution in [-0.4, -0.2) is 17.4 Å². The number of furan rings is 1. The van der Waals surface area contributed by atoms with Crippen molar-refractivity contribution in [3.63, 3.8) is 0 Å². The van der Waals surface area contributed by atoms with Crippen molar-refractivity contribution in [2.75, 3.05) is 0 Å². The Kier molecular flexibility index (Phi) is 2.47. The molecule has 0 radical (unpaired) electrons. The Hall–Kier alpha value is -1.78. The molecular weight excluding hydrogens is 160 g/mol. The lowest BCUT2D eigenvalue weighted by Gasteiger charge is -1.87. The molecule has 1 aromatic rings. The Bertz CT molecular complexity index is 303. The predicted octanol–water partition coefficient (Wildman–Crippen LogP) is 1.19. The van der Waals surface area contributed by atoms with E-state index in [1.807, 2.05) is 5.43 Å². The fourth-order valence-corrected chi connectivity index (χ4v) is 0.674. The van der Waals surface area contributed by atoms with Crippen LogP contribution in [0.15, 0.2) is 21.7 Å². The summed E-state index contributed by atoms with van der Waals surface area (Å²) in [5.41, 5.74) is 1.83. The van der Waals surface area contributed by atoms with Crippen LogP contribution in [0.2, 0.25) is 0 Å². The van der Waals surface area contributed by atoms with Crippen molar-refractivity contribution >= 4 is 12.3 Å². The van der Waals surface area contributed by atoms with E-state index in [1.54, 1.807) is 19.1 Å². The first kappa shape index (κ1) is 8.32. The Morgan fingerprint density at radius 2 is 2.50 bits per heavy atom. The zero-order valence-corrected chi connectivity index (χ0v) is 6.44. The molecule has 5 nitrogen and oxygen atoms in total. The van der Waals surface area contributed by atoms with E-state index >= 15 is 0 Å². The highest BCUT2D eigenvalue weighted by atomic mass is 16.4. The molecule has 1 rings (SSSR count). The molecule has 1 amide bonds. The molecule has 5 heteroatoms. The van der Waals surface area contributed by atoms with Crippen molar-refractivity contribution in [2.24, 2.45) is 5.10 Å². The first-order chi connectivity index (χ1) is 5.68. The minimum Gasteiger partial charge on any atom is -0.464 e. The molecule has 64 valence electrons. The van der Waals surface area contributed by atoms with E-state index in [4.69, 9.17) is 9.52 Å². The molecule has 0 saturated heterocycles. The van der Waals surface area contributed by atoms with Crippen molar-refractivity contribution in [3.8, 4) is 0 Å². The average molecular weight is 168 g/mol. The molecule has 1 aromatic heterocycles. The highest BCUT2D eigenvalue weighted by Gasteiger charge is 1.93. The number of hydrogen-bond acceptors (Lipinski definition) is 3. The zero-order valence-electron chi connectivity index (χ0n) is 6.44. The number of rotatable bonds is 2. The van der Waals surface area contributed by atoms with Gasteiger partial charge in [0.05, 0.1) is 6.21 Å². The normalized spacial score (nSPS) is 10.4. The van der Waals surface area contributed by atoms with Gasteiger partial charge in [0.15, 0.2) is 0 Å². The molecule has 0 spiro atoms. The van der Waals surface area contributed by atoms with Crippen molar-refractivity contribution in [1.29, 1.82) is 0 Å². The van der Waals surface area contributed by atoms with Crippen LogP contribution in [-0.2, 0) is 0 Å². The van der Waals surface area contributed by atoms with Gasteiger partial charge in [0.2, 0.25) is 0 Å². The summed E-state index contributed by atoms with van der Waals surface area (Å²) in [4.78, 5) is 9.94. The highest BCUT2D eigenvalue weighted by Crippen LogP contribution is 2.02. The quantitative estimate of drug-likeness (QED) is 0.514. The van der Waals surface area contributed by atoms with Gasteiger partial charge in [-0.05, 0) is 19.1 Å². The Balaban J connectivity index is 2.52. The molecule has 0 aromatic carbocycles. The van der Waals surface area contributed by atoms with Gasteiger partial charge >= 0.3 is 6.09 Å². The minimum absolute atomic E-state index is 0.515. The van der Waals surface area contributed by atoms with E-state index < -0.39 is 6.09 Å². The van der Waals surface area contributed by atoms with Gasteiger partial charge in [-0.25, -0.2) is 10.2 Å². The first-order valence-corrected chi connectivity index (χ1v) is 3.27. The zero-order chi connectivity index (χ0) is 8.97. The second kappa shape index (κ2) is 3.56. The van der Waals surface area contributed by atoms with Crippen molar-refractivity contribution in [1.82, 2.24) is 5.43 Å². The van der Waals surface area contributed by atoms with E-state index in [1.165, 1.54) is 6.21 Å². The fourth-order valence-electron chi connectivity index (χ4n) is 0.674. The molecule has 1 heterocycles. The van der Waals surface area contributed by atoms with E-state index in [0.717, 1.165) is 5.76 Å². The van der Waals surface area contributed by atoms with Gasteiger partial charge in [0.25, 0.3) is 0 Å². The molecule has 0 atom stereocenters. The van der Waals surface area contributed by atoms with Crippen LogP contribution < -0.4 is 5.43 Å². The third-order valence-electron chi connectivity index (χ3n) is 1.11. The summed E-state index contributed by atoms with van der Waals surface area (Å²) < 4.78 is 5.08. The second-order valence-electron chi connectivity index (χ2n) is 2.12. The molecule has 12 heavy (non-hydrogen) atoms. The third-order valence-corrected chi connectivity index (χ3v) is 1.11. The standard InChI is InChI=1S/C7H8N2O3/c1-5-2-3-6(12-5)4-8-9-7(10)11/h2-4,9H,1H3,(H,10,11)/b8-4+. The average Bonchev–Trinajstić information content (AvgIpc) is 2.35.